The molecule has 0 saturated heterocycles. The van der Waals surface area contributed by atoms with Crippen LogP contribution in [0.25, 0.3) is 0 Å². The maximum absolute atomic E-state index is 10.1. The van der Waals surface area contributed by atoms with Crippen LogP contribution in [0.3, 0.4) is 0 Å². The molecule has 0 saturated carbocycles. The summed E-state index contributed by atoms with van der Waals surface area (Å²) in [7, 11) is 4.09. The van der Waals surface area contributed by atoms with Gasteiger partial charge in [-0.2, -0.15) is 0 Å². The van der Waals surface area contributed by atoms with E-state index in [0.29, 0.717) is 0 Å². The summed E-state index contributed by atoms with van der Waals surface area (Å²) >= 11 is 0. The van der Waals surface area contributed by atoms with Crippen LogP contribution in [0.4, 0.5) is 5.69 Å². The van der Waals surface area contributed by atoms with Crippen LogP contribution in [0, 0.1) is 4.91 Å². The molecule has 7 heteroatoms. The summed E-state index contributed by atoms with van der Waals surface area (Å²) in [4.78, 5) is 14.4. The fourth-order valence-corrected chi connectivity index (χ4v) is 2.11. The molecule has 0 radical (unpaired) electrons. The molecule has 2 heterocycles. The van der Waals surface area contributed by atoms with Crippen molar-refractivity contribution in [3.05, 3.63) is 65.8 Å². The van der Waals surface area contributed by atoms with E-state index in [1.165, 1.54) is 11.9 Å². The molecule has 0 N–H and O–H groups in total. The molecule has 0 fully saturated rings. The van der Waals surface area contributed by atoms with Crippen LogP contribution in [-0.4, -0.2) is 25.5 Å². The lowest BCUT2D eigenvalue weighted by Crippen LogP contribution is -3.00. The highest BCUT2D eigenvalue weighted by Crippen LogP contribution is 2.10. The maximum atomic E-state index is 10.1. The standard InChI is InChI=1S/C16H21N4O.2BrH/c1-18(2)16-5-3-8-20(14-16)10-4-9-19-11-6-15(7-12-19)13-17-21;;/h3,5-8,11-14H,4,9-10H2,1-2H3;2*1H/q+1;;/p-1. The Balaban J connectivity index is 0.00000242. The minimum atomic E-state index is 0. The van der Waals surface area contributed by atoms with Crippen LogP contribution in [0.2, 0.25) is 0 Å². The van der Waals surface area contributed by atoms with E-state index >= 15 is 0 Å². The Bertz CT molecular complexity index is 569. The zero-order valence-electron chi connectivity index (χ0n) is 13.3. The Labute approximate surface area is 158 Å². The highest BCUT2D eigenvalue weighted by atomic mass is 79.9. The summed E-state index contributed by atoms with van der Waals surface area (Å²) < 4.78 is 2.20. The first-order chi connectivity index (χ1) is 10.2. The highest BCUT2D eigenvalue weighted by molar-refractivity contribution is 8.93. The Morgan fingerprint density at radius 2 is 2.00 bits per heavy atom. The van der Waals surface area contributed by atoms with Gasteiger partial charge in [0.1, 0.15) is 12.2 Å². The van der Waals surface area contributed by atoms with Crippen molar-refractivity contribution in [3.63, 3.8) is 0 Å². The molecule has 2 rings (SSSR count). The largest absolute Gasteiger partial charge is 1.00 e. The number of nitrogens with zero attached hydrogens (tertiary/aromatic N) is 4. The molecule has 0 bridgehead atoms. The first kappa shape index (κ1) is 21.5. The Hall–Kier alpha value is -1.47. The van der Waals surface area contributed by atoms with Crippen LogP contribution in [0.15, 0.2) is 66.0 Å². The van der Waals surface area contributed by atoms with Gasteiger partial charge in [-0.1, -0.05) is 0 Å². The van der Waals surface area contributed by atoms with E-state index in [0.717, 1.165) is 25.1 Å². The van der Waals surface area contributed by atoms with Gasteiger partial charge in [-0.25, -0.2) is 4.57 Å². The predicted octanol–water partition coefficient (Wildman–Crippen LogP) is 0.00540. The average molecular weight is 446 g/mol. The van der Waals surface area contributed by atoms with Gasteiger partial charge >= 0.3 is 0 Å². The van der Waals surface area contributed by atoms with Crippen molar-refractivity contribution in [2.75, 3.05) is 25.5 Å². The molecule has 126 valence electrons. The van der Waals surface area contributed by atoms with Gasteiger partial charge in [-0.3, -0.25) is 0 Å². The monoisotopic (exact) mass is 444 g/mol. The number of rotatable bonds is 6. The van der Waals surface area contributed by atoms with E-state index in [1.807, 2.05) is 38.6 Å². The fourth-order valence-electron chi connectivity index (χ4n) is 2.11. The molecular weight excluding hydrogens is 424 g/mol. The number of allylic oxidation sites excluding steroid dienone is 3. The molecule has 0 aromatic carbocycles. The second-order valence-electron chi connectivity index (χ2n) is 5.15. The fraction of sp³-hybridized carbons (Fsp3) is 0.312. The Morgan fingerprint density at radius 1 is 1.30 bits per heavy atom. The molecule has 5 nitrogen and oxygen atoms in total. The lowest BCUT2D eigenvalue weighted by atomic mass is 10.2. The third-order valence-corrected chi connectivity index (χ3v) is 3.31. The first-order valence-electron chi connectivity index (χ1n) is 7.00. The molecule has 0 spiro atoms. The van der Waals surface area contributed by atoms with Crippen molar-refractivity contribution < 1.29 is 21.5 Å². The number of hydrogen-bond acceptors (Lipinski definition) is 4. The normalized spacial score (nSPS) is 12.3. The molecular formula is C16H22Br2N4O. The van der Waals surface area contributed by atoms with E-state index in [4.69, 9.17) is 0 Å². The number of hydrogen-bond donors (Lipinski definition) is 0. The first-order valence-corrected chi connectivity index (χ1v) is 7.00. The molecule has 0 atom stereocenters. The zero-order chi connectivity index (χ0) is 15.1. The Morgan fingerprint density at radius 3 is 2.61 bits per heavy atom. The number of nitroso groups, excluding NO2 is 1. The van der Waals surface area contributed by atoms with Crippen molar-refractivity contribution in [1.82, 2.24) is 4.90 Å². The number of halogens is 2. The third kappa shape index (κ3) is 7.09. The molecule has 0 amide bonds. The van der Waals surface area contributed by atoms with Gasteiger partial charge in [-0.15, -0.1) is 21.9 Å². The van der Waals surface area contributed by atoms with Gasteiger partial charge in [0.25, 0.3) is 0 Å². The lowest BCUT2D eigenvalue weighted by molar-refractivity contribution is -0.696. The minimum absolute atomic E-state index is 0. The molecule has 1 aromatic rings. The van der Waals surface area contributed by atoms with Crippen molar-refractivity contribution >= 4 is 22.7 Å². The van der Waals surface area contributed by atoms with Gasteiger partial charge in [0.15, 0.2) is 12.4 Å². The topological polar surface area (TPSA) is 39.8 Å². The second-order valence-corrected chi connectivity index (χ2v) is 5.15. The quantitative estimate of drug-likeness (QED) is 0.457. The van der Waals surface area contributed by atoms with Crippen LogP contribution in [0.1, 0.15) is 6.42 Å². The molecule has 0 unspecified atom stereocenters. The van der Waals surface area contributed by atoms with Crippen molar-refractivity contribution in [2.45, 2.75) is 13.0 Å². The number of aromatic nitrogens is 1. The van der Waals surface area contributed by atoms with Gasteiger partial charge in [0.2, 0.25) is 0 Å². The van der Waals surface area contributed by atoms with Crippen LogP contribution < -0.4 is 26.4 Å². The smallest absolute Gasteiger partial charge is 0.192 e. The summed E-state index contributed by atoms with van der Waals surface area (Å²) in [5.74, 6) is 0. The Kier molecular flexibility index (Phi) is 10.4. The SMILES string of the molecule is Br.CN(C)c1ccc[n+](CCCN2C=CC(=CN=O)C=C2)c1.[Br-]. The van der Waals surface area contributed by atoms with E-state index in [-0.39, 0.29) is 34.0 Å². The van der Waals surface area contributed by atoms with Gasteiger partial charge in [0.05, 0.1) is 6.20 Å². The molecule has 23 heavy (non-hydrogen) atoms. The lowest BCUT2D eigenvalue weighted by Gasteiger charge is -2.17. The van der Waals surface area contributed by atoms with Gasteiger partial charge in [-0.05, 0) is 29.0 Å². The summed E-state index contributed by atoms with van der Waals surface area (Å²) in [6.45, 7) is 1.91. The van der Waals surface area contributed by atoms with Crippen molar-refractivity contribution in [2.24, 2.45) is 5.18 Å². The number of aryl methyl sites for hydroxylation is 1. The molecule has 1 aromatic heterocycles. The second kappa shape index (κ2) is 11.1. The zero-order valence-corrected chi connectivity index (χ0v) is 16.6. The summed E-state index contributed by atoms with van der Waals surface area (Å²) in [6, 6.07) is 4.17. The van der Waals surface area contributed by atoms with E-state index in [1.54, 1.807) is 0 Å². The van der Waals surface area contributed by atoms with E-state index < -0.39 is 0 Å². The molecule has 1 aliphatic rings. The third-order valence-electron chi connectivity index (χ3n) is 3.31. The molecule has 0 aliphatic carbocycles. The van der Waals surface area contributed by atoms with Crippen molar-refractivity contribution in [1.29, 1.82) is 0 Å². The van der Waals surface area contributed by atoms with E-state index in [2.05, 4.69) is 44.1 Å². The summed E-state index contributed by atoms with van der Waals surface area (Å²) in [5.41, 5.74) is 2.03. The average Bonchev–Trinajstić information content (AvgIpc) is 2.50. The summed E-state index contributed by atoms with van der Waals surface area (Å²) in [5, 5.41) is 2.77. The number of anilines is 1. The highest BCUT2D eigenvalue weighted by Gasteiger charge is 2.06. The van der Waals surface area contributed by atoms with Crippen LogP contribution in [-0.2, 0) is 6.54 Å². The molecule has 1 aliphatic heterocycles. The van der Waals surface area contributed by atoms with E-state index in [9.17, 15) is 4.91 Å². The van der Waals surface area contributed by atoms with Crippen LogP contribution >= 0.6 is 17.0 Å². The minimum Gasteiger partial charge on any atom is -1.00 e. The van der Waals surface area contributed by atoms with Gasteiger partial charge < -0.3 is 26.8 Å². The van der Waals surface area contributed by atoms with Gasteiger partial charge in [0, 0.05) is 45.5 Å². The number of pyridine rings is 1. The van der Waals surface area contributed by atoms with Crippen LogP contribution in [0.5, 0.6) is 0 Å². The maximum Gasteiger partial charge on any atom is 0.192 e. The van der Waals surface area contributed by atoms with Crippen molar-refractivity contribution in [3.8, 4) is 0 Å². The predicted molar refractivity (Wildman–Crippen MR) is 94.8 cm³/mol. The summed E-state index contributed by atoms with van der Waals surface area (Å²) in [6.07, 6.45) is 14.3.